The Kier molecular flexibility index (Phi) is 3.53. The van der Waals surface area contributed by atoms with Crippen LogP contribution in [0.25, 0.3) is 0 Å². The number of sulfone groups is 1. The third-order valence-corrected chi connectivity index (χ3v) is 5.34. The molecule has 0 spiro atoms. The first-order valence-corrected chi connectivity index (χ1v) is 7.58. The predicted octanol–water partition coefficient (Wildman–Crippen LogP) is 1.07. The fourth-order valence-electron chi connectivity index (χ4n) is 2.04. The van der Waals surface area contributed by atoms with E-state index < -0.39 is 15.1 Å². The Morgan fingerprint density at radius 1 is 1.65 bits per heavy atom. The van der Waals surface area contributed by atoms with E-state index in [2.05, 4.69) is 10.3 Å². The summed E-state index contributed by atoms with van der Waals surface area (Å²) in [5.74, 6) is 1.35. The van der Waals surface area contributed by atoms with E-state index in [1.165, 1.54) is 0 Å². The first-order chi connectivity index (χ1) is 8.03. The lowest BCUT2D eigenvalue weighted by molar-refractivity contribution is 0.424. The quantitative estimate of drug-likeness (QED) is 0.874. The number of rotatable bonds is 4. The van der Waals surface area contributed by atoms with Gasteiger partial charge >= 0.3 is 0 Å². The molecule has 6 heteroatoms. The number of nitrogens with zero attached hydrogens (tertiary/aromatic N) is 1. The summed E-state index contributed by atoms with van der Waals surface area (Å²) in [5.41, 5.74) is 0. The second kappa shape index (κ2) is 4.78. The molecule has 5 nitrogen and oxygen atoms in total. The average Bonchev–Trinajstić information content (AvgIpc) is 2.84. The number of hydrogen-bond donors (Lipinski definition) is 1. The third-order valence-electron chi connectivity index (χ3n) is 3.18. The van der Waals surface area contributed by atoms with Gasteiger partial charge < -0.3 is 9.73 Å². The zero-order chi connectivity index (χ0) is 12.5. The summed E-state index contributed by atoms with van der Waals surface area (Å²) in [4.78, 5) is 4.11. The van der Waals surface area contributed by atoms with Gasteiger partial charge in [-0.2, -0.15) is 0 Å². The fourth-order valence-corrected chi connectivity index (χ4v) is 3.83. The van der Waals surface area contributed by atoms with Crippen LogP contribution in [0, 0.1) is 0 Å². The molecule has 0 radical (unpaired) electrons. The molecule has 1 aliphatic rings. The standard InChI is InChI=1S/C11H18N2O3S/c1-8(12-2)6-9-7-13-11(16-9)10-4-3-5-17(10,14)15/h7-8,10,12H,3-6H2,1-2H3. The van der Waals surface area contributed by atoms with E-state index in [0.29, 0.717) is 18.7 Å². The van der Waals surface area contributed by atoms with Crippen molar-refractivity contribution in [1.29, 1.82) is 0 Å². The number of aromatic nitrogens is 1. The minimum absolute atomic E-state index is 0.252. The van der Waals surface area contributed by atoms with Gasteiger partial charge in [0, 0.05) is 12.5 Å². The second-order valence-electron chi connectivity index (χ2n) is 4.56. The number of oxazole rings is 1. The van der Waals surface area contributed by atoms with Crippen molar-refractivity contribution in [2.45, 2.75) is 37.5 Å². The molecule has 96 valence electrons. The Hall–Kier alpha value is -0.880. The Morgan fingerprint density at radius 2 is 2.41 bits per heavy atom. The highest BCUT2D eigenvalue weighted by Gasteiger charge is 2.36. The lowest BCUT2D eigenvalue weighted by atomic mass is 10.2. The molecule has 1 saturated heterocycles. The summed E-state index contributed by atoms with van der Waals surface area (Å²) in [5, 5.41) is 2.58. The van der Waals surface area contributed by atoms with E-state index >= 15 is 0 Å². The molecule has 0 bridgehead atoms. The van der Waals surface area contributed by atoms with Crippen LogP contribution in [-0.2, 0) is 16.3 Å². The molecule has 0 aliphatic carbocycles. The van der Waals surface area contributed by atoms with E-state index in [1.807, 2.05) is 14.0 Å². The molecule has 17 heavy (non-hydrogen) atoms. The van der Waals surface area contributed by atoms with Gasteiger partial charge in [0.05, 0.1) is 11.9 Å². The number of likely N-dealkylation sites (N-methyl/N-ethyl adjacent to an activating group) is 1. The van der Waals surface area contributed by atoms with Crippen LogP contribution in [0.1, 0.15) is 36.7 Å². The Bertz CT molecular complexity index is 481. The maximum Gasteiger partial charge on any atom is 0.212 e. The fraction of sp³-hybridized carbons (Fsp3) is 0.727. The van der Waals surface area contributed by atoms with Crippen LogP contribution >= 0.6 is 0 Å². The molecular weight excluding hydrogens is 240 g/mol. The molecule has 2 heterocycles. The third kappa shape index (κ3) is 2.69. The average molecular weight is 258 g/mol. The Morgan fingerprint density at radius 3 is 3.00 bits per heavy atom. The van der Waals surface area contributed by atoms with Crippen LogP contribution in [0.5, 0.6) is 0 Å². The number of nitrogens with one attached hydrogen (secondary N) is 1. The van der Waals surface area contributed by atoms with Gasteiger partial charge in [0.2, 0.25) is 5.89 Å². The number of hydrogen-bond acceptors (Lipinski definition) is 5. The summed E-state index contributed by atoms with van der Waals surface area (Å²) in [7, 11) is -1.15. The SMILES string of the molecule is CNC(C)Cc1cnc(C2CCCS2(=O)=O)o1. The summed E-state index contributed by atoms with van der Waals surface area (Å²) in [6, 6.07) is 0.288. The second-order valence-corrected chi connectivity index (χ2v) is 6.86. The first-order valence-electron chi connectivity index (χ1n) is 5.86. The molecule has 1 fully saturated rings. The van der Waals surface area contributed by atoms with Crippen molar-refractivity contribution >= 4 is 9.84 Å². The monoisotopic (exact) mass is 258 g/mol. The lowest BCUT2D eigenvalue weighted by Crippen LogP contribution is -2.23. The molecule has 0 amide bonds. The summed E-state index contributed by atoms with van der Waals surface area (Å²) < 4.78 is 29.0. The van der Waals surface area contributed by atoms with Crippen LogP contribution in [0.2, 0.25) is 0 Å². The van der Waals surface area contributed by atoms with Crippen molar-refractivity contribution < 1.29 is 12.8 Å². The highest BCUT2D eigenvalue weighted by atomic mass is 32.2. The van der Waals surface area contributed by atoms with E-state index in [1.54, 1.807) is 6.20 Å². The van der Waals surface area contributed by atoms with Crippen molar-refractivity contribution in [3.05, 3.63) is 17.8 Å². The molecule has 2 rings (SSSR count). The van der Waals surface area contributed by atoms with Gasteiger partial charge in [-0.3, -0.25) is 0 Å². The molecule has 0 aromatic carbocycles. The van der Waals surface area contributed by atoms with Crippen LogP contribution in [0.15, 0.2) is 10.6 Å². The highest BCUT2D eigenvalue weighted by molar-refractivity contribution is 7.91. The van der Waals surface area contributed by atoms with Gasteiger partial charge in [-0.1, -0.05) is 0 Å². The van der Waals surface area contributed by atoms with Crippen molar-refractivity contribution in [1.82, 2.24) is 10.3 Å². The van der Waals surface area contributed by atoms with Crippen LogP contribution in [0.4, 0.5) is 0 Å². The Labute approximate surface area is 102 Å². The molecule has 1 aromatic heterocycles. The van der Waals surface area contributed by atoms with Crippen molar-refractivity contribution in [3.63, 3.8) is 0 Å². The van der Waals surface area contributed by atoms with E-state index in [4.69, 9.17) is 4.42 Å². The van der Waals surface area contributed by atoms with E-state index in [9.17, 15) is 8.42 Å². The highest BCUT2D eigenvalue weighted by Crippen LogP contribution is 2.34. The zero-order valence-corrected chi connectivity index (χ0v) is 11.0. The minimum atomic E-state index is -3.03. The summed E-state index contributed by atoms with van der Waals surface area (Å²) in [6.07, 6.45) is 3.69. The van der Waals surface area contributed by atoms with Gasteiger partial charge in [-0.05, 0) is 26.8 Å². The molecular formula is C11H18N2O3S. The zero-order valence-electron chi connectivity index (χ0n) is 10.1. The maximum absolute atomic E-state index is 11.7. The van der Waals surface area contributed by atoms with E-state index in [0.717, 1.165) is 12.2 Å². The maximum atomic E-state index is 11.7. The van der Waals surface area contributed by atoms with Crippen molar-refractivity contribution in [3.8, 4) is 0 Å². The first kappa shape index (κ1) is 12.6. The van der Waals surface area contributed by atoms with Crippen molar-refractivity contribution in [2.24, 2.45) is 0 Å². The van der Waals surface area contributed by atoms with Crippen molar-refractivity contribution in [2.75, 3.05) is 12.8 Å². The van der Waals surface area contributed by atoms with Gasteiger partial charge in [-0.25, -0.2) is 13.4 Å². The molecule has 1 aromatic rings. The Balaban J connectivity index is 2.13. The van der Waals surface area contributed by atoms with Gasteiger partial charge in [0.15, 0.2) is 9.84 Å². The summed E-state index contributed by atoms with van der Waals surface area (Å²) >= 11 is 0. The van der Waals surface area contributed by atoms with Gasteiger partial charge in [0.25, 0.3) is 0 Å². The lowest BCUT2D eigenvalue weighted by Gasteiger charge is -2.07. The smallest absolute Gasteiger partial charge is 0.212 e. The molecule has 1 aliphatic heterocycles. The molecule has 0 saturated carbocycles. The van der Waals surface area contributed by atoms with Crippen LogP contribution in [0.3, 0.4) is 0 Å². The largest absolute Gasteiger partial charge is 0.444 e. The van der Waals surface area contributed by atoms with E-state index in [-0.39, 0.29) is 11.8 Å². The summed E-state index contributed by atoms with van der Waals surface area (Å²) in [6.45, 7) is 2.04. The van der Waals surface area contributed by atoms with Crippen LogP contribution < -0.4 is 5.32 Å². The van der Waals surface area contributed by atoms with Crippen LogP contribution in [-0.4, -0.2) is 32.2 Å². The normalized spacial score (nSPS) is 24.9. The molecule has 1 N–H and O–H groups in total. The predicted molar refractivity (Wildman–Crippen MR) is 64.5 cm³/mol. The minimum Gasteiger partial charge on any atom is -0.444 e. The van der Waals surface area contributed by atoms with Gasteiger partial charge in [-0.15, -0.1) is 0 Å². The van der Waals surface area contributed by atoms with Gasteiger partial charge in [0.1, 0.15) is 11.0 Å². The molecule has 2 unspecified atom stereocenters. The topological polar surface area (TPSA) is 72.2 Å². The molecule has 2 atom stereocenters.